The molecule has 0 aliphatic carbocycles. The quantitative estimate of drug-likeness (QED) is 0.712. The summed E-state index contributed by atoms with van der Waals surface area (Å²) in [4.78, 5) is 21.1. The average Bonchev–Trinajstić information content (AvgIpc) is 2.68. The SMILES string of the molecule is COc1ccc(NC(=O)C(Cc2ccncc2)c2ccc(Cl)cc2)cn1. The minimum Gasteiger partial charge on any atom is -0.481 e. The van der Waals surface area contributed by atoms with Gasteiger partial charge in [-0.25, -0.2) is 4.98 Å². The monoisotopic (exact) mass is 367 g/mol. The Bertz CT molecular complexity index is 852. The molecular formula is C20H18ClN3O2. The van der Waals surface area contributed by atoms with Crippen molar-refractivity contribution in [3.05, 3.63) is 83.3 Å². The fourth-order valence-electron chi connectivity index (χ4n) is 2.62. The Morgan fingerprint density at radius 1 is 1.12 bits per heavy atom. The van der Waals surface area contributed by atoms with Crippen molar-refractivity contribution in [2.45, 2.75) is 12.3 Å². The highest BCUT2D eigenvalue weighted by molar-refractivity contribution is 6.30. The number of hydrogen-bond donors (Lipinski definition) is 1. The first kappa shape index (κ1) is 17.9. The maximum atomic E-state index is 12.9. The number of anilines is 1. The molecule has 0 aliphatic heterocycles. The van der Waals surface area contributed by atoms with E-state index < -0.39 is 0 Å². The number of carbonyl (C=O) groups excluding carboxylic acids is 1. The van der Waals surface area contributed by atoms with E-state index in [1.54, 1.807) is 50.0 Å². The van der Waals surface area contributed by atoms with Gasteiger partial charge >= 0.3 is 0 Å². The fraction of sp³-hybridized carbons (Fsp3) is 0.150. The van der Waals surface area contributed by atoms with Gasteiger partial charge in [0.15, 0.2) is 0 Å². The minimum atomic E-state index is -0.364. The summed E-state index contributed by atoms with van der Waals surface area (Å²) in [7, 11) is 1.55. The van der Waals surface area contributed by atoms with E-state index in [4.69, 9.17) is 16.3 Å². The highest BCUT2D eigenvalue weighted by Gasteiger charge is 2.21. The van der Waals surface area contributed by atoms with Crippen LogP contribution < -0.4 is 10.1 Å². The lowest BCUT2D eigenvalue weighted by molar-refractivity contribution is -0.117. The molecule has 1 amide bonds. The van der Waals surface area contributed by atoms with Gasteiger partial charge in [-0.2, -0.15) is 0 Å². The molecule has 1 unspecified atom stereocenters. The number of halogens is 1. The smallest absolute Gasteiger partial charge is 0.232 e. The highest BCUT2D eigenvalue weighted by Crippen LogP contribution is 2.24. The minimum absolute atomic E-state index is 0.115. The average molecular weight is 368 g/mol. The van der Waals surface area contributed by atoms with Gasteiger partial charge in [0.2, 0.25) is 11.8 Å². The van der Waals surface area contributed by atoms with E-state index in [2.05, 4.69) is 15.3 Å². The van der Waals surface area contributed by atoms with Crippen molar-refractivity contribution in [3.8, 4) is 5.88 Å². The third-order valence-corrected chi connectivity index (χ3v) is 4.24. The van der Waals surface area contributed by atoms with E-state index in [1.165, 1.54) is 0 Å². The standard InChI is InChI=1S/C20H18ClN3O2/c1-26-19-7-6-17(13-23-19)24-20(25)18(12-14-8-10-22-11-9-14)15-2-4-16(21)5-3-15/h2-11,13,18H,12H2,1H3,(H,24,25). The van der Waals surface area contributed by atoms with E-state index in [-0.39, 0.29) is 11.8 Å². The van der Waals surface area contributed by atoms with E-state index in [1.807, 2.05) is 24.3 Å². The van der Waals surface area contributed by atoms with Crippen molar-refractivity contribution in [2.75, 3.05) is 12.4 Å². The van der Waals surface area contributed by atoms with Gasteiger partial charge in [-0.05, 0) is 47.9 Å². The summed E-state index contributed by atoms with van der Waals surface area (Å²) in [6, 6.07) is 14.6. The van der Waals surface area contributed by atoms with Gasteiger partial charge in [0.05, 0.1) is 24.9 Å². The predicted octanol–water partition coefficient (Wildman–Crippen LogP) is 4.10. The summed E-state index contributed by atoms with van der Waals surface area (Å²) < 4.78 is 5.04. The summed E-state index contributed by atoms with van der Waals surface area (Å²) in [6.07, 6.45) is 5.57. The number of methoxy groups -OCH3 is 1. The molecule has 0 spiro atoms. The van der Waals surface area contributed by atoms with Crippen LogP contribution in [0.15, 0.2) is 67.1 Å². The first-order chi connectivity index (χ1) is 12.7. The van der Waals surface area contributed by atoms with Crippen LogP contribution in [0.5, 0.6) is 5.88 Å². The third kappa shape index (κ3) is 4.58. The molecule has 0 fully saturated rings. The number of benzene rings is 1. The molecule has 0 radical (unpaired) electrons. The van der Waals surface area contributed by atoms with Crippen molar-refractivity contribution < 1.29 is 9.53 Å². The lowest BCUT2D eigenvalue weighted by atomic mass is 9.91. The number of hydrogen-bond acceptors (Lipinski definition) is 4. The van der Waals surface area contributed by atoms with Crippen molar-refractivity contribution in [2.24, 2.45) is 0 Å². The normalized spacial score (nSPS) is 11.6. The molecule has 26 heavy (non-hydrogen) atoms. The number of amides is 1. The van der Waals surface area contributed by atoms with Crippen molar-refractivity contribution in [1.29, 1.82) is 0 Å². The van der Waals surface area contributed by atoms with Crippen LogP contribution in [0.25, 0.3) is 0 Å². The fourth-order valence-corrected chi connectivity index (χ4v) is 2.74. The van der Waals surface area contributed by atoms with Crippen LogP contribution in [0.2, 0.25) is 5.02 Å². The maximum absolute atomic E-state index is 12.9. The molecule has 1 aromatic carbocycles. The van der Waals surface area contributed by atoms with Crippen molar-refractivity contribution in [1.82, 2.24) is 9.97 Å². The molecule has 2 aromatic heterocycles. The summed E-state index contributed by atoms with van der Waals surface area (Å²) in [5.41, 5.74) is 2.54. The Labute approximate surface area is 157 Å². The third-order valence-electron chi connectivity index (χ3n) is 3.99. The number of nitrogens with zero attached hydrogens (tertiary/aromatic N) is 2. The number of nitrogens with one attached hydrogen (secondary N) is 1. The Morgan fingerprint density at radius 3 is 2.46 bits per heavy atom. The second-order valence-electron chi connectivity index (χ2n) is 5.74. The molecule has 0 aliphatic rings. The molecule has 1 atom stereocenters. The number of ether oxygens (including phenoxy) is 1. The van der Waals surface area contributed by atoms with Crippen molar-refractivity contribution >= 4 is 23.2 Å². The number of aromatic nitrogens is 2. The van der Waals surface area contributed by atoms with Crippen LogP contribution in [0.1, 0.15) is 17.0 Å². The molecule has 3 aromatic rings. The van der Waals surface area contributed by atoms with Crippen LogP contribution in [-0.4, -0.2) is 23.0 Å². The summed E-state index contributed by atoms with van der Waals surface area (Å²) >= 11 is 5.99. The van der Waals surface area contributed by atoms with Gasteiger partial charge in [0.1, 0.15) is 0 Å². The van der Waals surface area contributed by atoms with E-state index in [0.29, 0.717) is 23.0 Å². The van der Waals surface area contributed by atoms with Gasteiger partial charge < -0.3 is 10.1 Å². The van der Waals surface area contributed by atoms with Crippen LogP contribution in [0.3, 0.4) is 0 Å². The van der Waals surface area contributed by atoms with Gasteiger partial charge in [-0.3, -0.25) is 9.78 Å². The first-order valence-electron chi connectivity index (χ1n) is 8.11. The van der Waals surface area contributed by atoms with Gasteiger partial charge in [0.25, 0.3) is 0 Å². The van der Waals surface area contributed by atoms with E-state index in [0.717, 1.165) is 11.1 Å². The molecule has 6 heteroatoms. The number of pyridine rings is 2. The lowest BCUT2D eigenvalue weighted by Crippen LogP contribution is -2.23. The molecular weight excluding hydrogens is 350 g/mol. The number of carbonyl (C=O) groups is 1. The van der Waals surface area contributed by atoms with Crippen LogP contribution in [0.4, 0.5) is 5.69 Å². The first-order valence-corrected chi connectivity index (χ1v) is 8.49. The Kier molecular flexibility index (Phi) is 5.81. The molecule has 5 nitrogen and oxygen atoms in total. The molecule has 132 valence electrons. The summed E-state index contributed by atoms with van der Waals surface area (Å²) in [6.45, 7) is 0. The van der Waals surface area contributed by atoms with E-state index in [9.17, 15) is 4.79 Å². The van der Waals surface area contributed by atoms with Crippen LogP contribution in [-0.2, 0) is 11.2 Å². The number of rotatable bonds is 6. The Balaban J connectivity index is 1.83. The molecule has 3 rings (SSSR count). The molecule has 2 heterocycles. The maximum Gasteiger partial charge on any atom is 0.232 e. The van der Waals surface area contributed by atoms with E-state index >= 15 is 0 Å². The van der Waals surface area contributed by atoms with Crippen LogP contribution >= 0.6 is 11.6 Å². The second kappa shape index (κ2) is 8.45. The Morgan fingerprint density at radius 2 is 1.85 bits per heavy atom. The molecule has 1 N–H and O–H groups in total. The summed E-state index contributed by atoms with van der Waals surface area (Å²) in [5, 5.41) is 3.56. The van der Waals surface area contributed by atoms with Crippen LogP contribution in [0, 0.1) is 0 Å². The van der Waals surface area contributed by atoms with Crippen molar-refractivity contribution in [3.63, 3.8) is 0 Å². The zero-order chi connectivity index (χ0) is 18.4. The Hall–Kier alpha value is -2.92. The lowest BCUT2D eigenvalue weighted by Gasteiger charge is -2.17. The largest absolute Gasteiger partial charge is 0.481 e. The molecule has 0 bridgehead atoms. The van der Waals surface area contributed by atoms with Gasteiger partial charge in [-0.1, -0.05) is 23.7 Å². The zero-order valence-electron chi connectivity index (χ0n) is 14.2. The molecule has 0 saturated carbocycles. The second-order valence-corrected chi connectivity index (χ2v) is 6.18. The predicted molar refractivity (Wildman–Crippen MR) is 102 cm³/mol. The van der Waals surface area contributed by atoms with Gasteiger partial charge in [-0.15, -0.1) is 0 Å². The van der Waals surface area contributed by atoms with Gasteiger partial charge in [0, 0.05) is 23.5 Å². The zero-order valence-corrected chi connectivity index (χ0v) is 15.0. The summed E-state index contributed by atoms with van der Waals surface area (Å²) in [5.74, 6) is 0.0157. The highest BCUT2D eigenvalue weighted by atomic mass is 35.5. The topological polar surface area (TPSA) is 64.1 Å². The molecule has 0 saturated heterocycles.